The molecule has 7 heteroatoms. The number of nitrogens with one attached hydrogen (secondary N) is 1. The Labute approximate surface area is 131 Å². The first-order valence-corrected chi connectivity index (χ1v) is 7.36. The Morgan fingerprint density at radius 1 is 1.43 bits per heavy atom. The van der Waals surface area contributed by atoms with Crippen LogP contribution >= 0.6 is 15.9 Å². The molecule has 0 bridgehead atoms. The highest BCUT2D eigenvalue weighted by molar-refractivity contribution is 9.10. The van der Waals surface area contributed by atoms with Gasteiger partial charge in [-0.15, -0.1) is 0 Å². The molecule has 3 N–H and O–H groups in total. The first-order chi connectivity index (χ1) is 9.89. The second-order valence-corrected chi connectivity index (χ2v) is 5.97. The van der Waals surface area contributed by atoms with Crippen LogP contribution in [0.4, 0.5) is 0 Å². The smallest absolute Gasteiger partial charge is 0.244 e. The van der Waals surface area contributed by atoms with Gasteiger partial charge in [0.1, 0.15) is 11.9 Å². The van der Waals surface area contributed by atoms with Crippen molar-refractivity contribution in [3.05, 3.63) is 46.5 Å². The Morgan fingerprint density at radius 2 is 2.10 bits per heavy atom. The zero-order chi connectivity index (χ0) is 15.5. The van der Waals surface area contributed by atoms with Crippen molar-refractivity contribution < 1.29 is 4.79 Å². The van der Waals surface area contributed by atoms with E-state index in [1.807, 2.05) is 24.3 Å². The zero-order valence-corrected chi connectivity index (χ0v) is 13.6. The number of benzene rings is 1. The number of nitrogens with two attached hydrogens (primary N) is 1. The van der Waals surface area contributed by atoms with Gasteiger partial charge in [0, 0.05) is 24.5 Å². The van der Waals surface area contributed by atoms with E-state index in [4.69, 9.17) is 5.73 Å². The van der Waals surface area contributed by atoms with Gasteiger partial charge >= 0.3 is 0 Å². The van der Waals surface area contributed by atoms with Crippen LogP contribution in [0.25, 0.3) is 0 Å². The van der Waals surface area contributed by atoms with Crippen molar-refractivity contribution in [1.29, 1.82) is 0 Å². The molecular formula is C14H18BrN5O. The molecule has 0 aliphatic carbocycles. The number of amides is 1. The van der Waals surface area contributed by atoms with Gasteiger partial charge in [-0.2, -0.15) is 5.10 Å². The third-order valence-corrected chi connectivity index (χ3v) is 3.73. The molecule has 21 heavy (non-hydrogen) atoms. The molecule has 1 atom stereocenters. The van der Waals surface area contributed by atoms with E-state index in [0.717, 1.165) is 10.0 Å². The monoisotopic (exact) mass is 351 g/mol. The standard InChI is InChI=1S/C14H18BrN5O/c1-14(16,10-3-5-11(15)6-4-10)13(21)17-8-7-12-18-9-20(2)19-12/h3-6,9H,7-8,16H2,1-2H3,(H,17,21). The van der Waals surface area contributed by atoms with E-state index in [9.17, 15) is 4.79 Å². The van der Waals surface area contributed by atoms with Crippen molar-refractivity contribution in [2.75, 3.05) is 6.54 Å². The second kappa shape index (κ2) is 6.36. The maximum absolute atomic E-state index is 12.3. The Morgan fingerprint density at radius 3 is 2.67 bits per heavy atom. The predicted molar refractivity (Wildman–Crippen MR) is 83.4 cm³/mol. The van der Waals surface area contributed by atoms with E-state index in [0.29, 0.717) is 18.8 Å². The highest BCUT2D eigenvalue weighted by Crippen LogP contribution is 2.20. The van der Waals surface area contributed by atoms with Crippen LogP contribution in [-0.4, -0.2) is 27.2 Å². The fourth-order valence-corrected chi connectivity index (χ4v) is 2.16. The number of hydrogen-bond acceptors (Lipinski definition) is 4. The van der Waals surface area contributed by atoms with Crippen LogP contribution in [0, 0.1) is 0 Å². The molecule has 0 aliphatic heterocycles. The zero-order valence-electron chi connectivity index (χ0n) is 12.0. The number of aromatic nitrogens is 3. The van der Waals surface area contributed by atoms with Gasteiger partial charge in [0.05, 0.1) is 0 Å². The molecule has 1 aromatic heterocycles. The van der Waals surface area contributed by atoms with Gasteiger partial charge in [0.25, 0.3) is 0 Å². The Bertz CT molecular complexity index is 621. The normalized spacial score (nSPS) is 13.7. The van der Waals surface area contributed by atoms with Gasteiger partial charge in [-0.3, -0.25) is 9.48 Å². The molecule has 1 aromatic carbocycles. The summed E-state index contributed by atoms with van der Waals surface area (Å²) in [5, 5.41) is 6.98. The lowest BCUT2D eigenvalue weighted by molar-refractivity contribution is -0.126. The van der Waals surface area contributed by atoms with Crippen LogP contribution < -0.4 is 11.1 Å². The molecule has 2 aromatic rings. The summed E-state index contributed by atoms with van der Waals surface area (Å²) in [7, 11) is 1.81. The van der Waals surface area contributed by atoms with Gasteiger partial charge in [0.2, 0.25) is 5.91 Å². The van der Waals surface area contributed by atoms with Crippen LogP contribution in [0.15, 0.2) is 35.1 Å². The quantitative estimate of drug-likeness (QED) is 0.844. The molecule has 2 rings (SSSR count). The highest BCUT2D eigenvalue weighted by atomic mass is 79.9. The van der Waals surface area contributed by atoms with E-state index in [2.05, 4.69) is 31.3 Å². The first-order valence-electron chi connectivity index (χ1n) is 6.57. The Hall–Kier alpha value is -1.73. The lowest BCUT2D eigenvalue weighted by Crippen LogP contribution is -2.49. The molecule has 0 saturated heterocycles. The average molecular weight is 352 g/mol. The molecular weight excluding hydrogens is 334 g/mol. The van der Waals surface area contributed by atoms with E-state index in [1.165, 1.54) is 0 Å². The van der Waals surface area contributed by atoms with Crippen LogP contribution in [-0.2, 0) is 23.8 Å². The summed E-state index contributed by atoms with van der Waals surface area (Å²) in [6.45, 7) is 2.15. The van der Waals surface area contributed by atoms with Crippen LogP contribution in [0.2, 0.25) is 0 Å². The van der Waals surface area contributed by atoms with Gasteiger partial charge in [-0.1, -0.05) is 28.1 Å². The topological polar surface area (TPSA) is 85.8 Å². The summed E-state index contributed by atoms with van der Waals surface area (Å²) < 4.78 is 2.58. The summed E-state index contributed by atoms with van der Waals surface area (Å²) in [5.41, 5.74) is 5.84. The number of carbonyl (C=O) groups excluding carboxylic acids is 1. The average Bonchev–Trinajstić information content (AvgIpc) is 2.85. The minimum absolute atomic E-state index is 0.222. The molecule has 0 fully saturated rings. The number of hydrogen-bond donors (Lipinski definition) is 2. The highest BCUT2D eigenvalue weighted by Gasteiger charge is 2.30. The maximum Gasteiger partial charge on any atom is 0.244 e. The van der Waals surface area contributed by atoms with Crippen molar-refractivity contribution in [3.63, 3.8) is 0 Å². The molecule has 1 unspecified atom stereocenters. The molecule has 0 spiro atoms. The largest absolute Gasteiger partial charge is 0.354 e. The molecule has 1 amide bonds. The Kier molecular flexibility index (Phi) is 4.74. The minimum Gasteiger partial charge on any atom is -0.354 e. The molecule has 112 valence electrons. The summed E-state index contributed by atoms with van der Waals surface area (Å²) in [5.74, 6) is 0.473. The minimum atomic E-state index is -1.07. The summed E-state index contributed by atoms with van der Waals surface area (Å²) >= 11 is 3.36. The fourth-order valence-electron chi connectivity index (χ4n) is 1.90. The van der Waals surface area contributed by atoms with Crippen molar-refractivity contribution in [3.8, 4) is 0 Å². The number of carbonyl (C=O) groups is 1. The summed E-state index contributed by atoms with van der Waals surface area (Å²) in [6.07, 6.45) is 2.20. The SMILES string of the molecule is Cn1cnc(CCNC(=O)C(C)(N)c2ccc(Br)cc2)n1. The van der Waals surface area contributed by atoms with Gasteiger partial charge in [0.15, 0.2) is 5.82 Å². The number of nitrogens with zero attached hydrogens (tertiary/aromatic N) is 3. The molecule has 1 heterocycles. The van der Waals surface area contributed by atoms with Crippen molar-refractivity contribution >= 4 is 21.8 Å². The van der Waals surface area contributed by atoms with E-state index >= 15 is 0 Å². The molecule has 0 saturated carbocycles. The predicted octanol–water partition coefficient (Wildman–Crippen LogP) is 1.11. The molecule has 0 radical (unpaired) electrons. The first kappa shape index (κ1) is 15.7. The van der Waals surface area contributed by atoms with Crippen molar-refractivity contribution in [1.82, 2.24) is 20.1 Å². The molecule has 6 nitrogen and oxygen atoms in total. The van der Waals surface area contributed by atoms with Crippen LogP contribution in [0.5, 0.6) is 0 Å². The van der Waals surface area contributed by atoms with Gasteiger partial charge in [-0.25, -0.2) is 4.98 Å². The molecule has 0 aliphatic rings. The van der Waals surface area contributed by atoms with Crippen LogP contribution in [0.3, 0.4) is 0 Å². The van der Waals surface area contributed by atoms with Gasteiger partial charge in [-0.05, 0) is 24.6 Å². The third-order valence-electron chi connectivity index (χ3n) is 3.20. The number of rotatable bonds is 5. The number of aryl methyl sites for hydroxylation is 1. The maximum atomic E-state index is 12.3. The third kappa shape index (κ3) is 3.89. The van der Waals surface area contributed by atoms with E-state index in [1.54, 1.807) is 25.0 Å². The lowest BCUT2D eigenvalue weighted by atomic mass is 9.92. The lowest BCUT2D eigenvalue weighted by Gasteiger charge is -2.24. The van der Waals surface area contributed by atoms with Gasteiger partial charge < -0.3 is 11.1 Å². The van der Waals surface area contributed by atoms with Crippen molar-refractivity contribution in [2.45, 2.75) is 18.9 Å². The van der Waals surface area contributed by atoms with Crippen molar-refractivity contribution in [2.24, 2.45) is 12.8 Å². The Balaban J connectivity index is 1.93. The number of halogens is 1. The van der Waals surface area contributed by atoms with E-state index in [-0.39, 0.29) is 5.91 Å². The van der Waals surface area contributed by atoms with Crippen LogP contribution in [0.1, 0.15) is 18.3 Å². The van der Waals surface area contributed by atoms with E-state index < -0.39 is 5.54 Å². The fraction of sp³-hybridized carbons (Fsp3) is 0.357. The summed E-state index contributed by atoms with van der Waals surface area (Å²) in [4.78, 5) is 16.4. The summed E-state index contributed by atoms with van der Waals surface area (Å²) in [6, 6.07) is 7.41. The second-order valence-electron chi connectivity index (χ2n) is 5.05.